The van der Waals surface area contributed by atoms with E-state index in [9.17, 15) is 12.8 Å². The Kier molecular flexibility index (Phi) is 5.31. The van der Waals surface area contributed by atoms with Gasteiger partial charge in [-0.1, -0.05) is 0 Å². The van der Waals surface area contributed by atoms with Crippen LogP contribution in [0.15, 0.2) is 11.0 Å². The van der Waals surface area contributed by atoms with Crippen LogP contribution in [0.1, 0.15) is 31.4 Å². The molecule has 0 aliphatic rings. The second-order valence-electron chi connectivity index (χ2n) is 5.16. The van der Waals surface area contributed by atoms with Crippen molar-refractivity contribution in [3.8, 4) is 6.07 Å². The van der Waals surface area contributed by atoms with Crippen LogP contribution in [0.25, 0.3) is 0 Å². The summed E-state index contributed by atoms with van der Waals surface area (Å²) in [6, 6.07) is 2.75. The molecule has 2 N–H and O–H groups in total. The van der Waals surface area contributed by atoms with Gasteiger partial charge in [-0.15, -0.1) is 0 Å². The largest absolute Gasteiger partial charge is 0.396 e. The van der Waals surface area contributed by atoms with E-state index in [1.54, 1.807) is 13.8 Å². The van der Waals surface area contributed by atoms with Gasteiger partial charge in [0.2, 0.25) is 10.0 Å². The average molecular weight is 313 g/mol. The van der Waals surface area contributed by atoms with E-state index in [1.165, 1.54) is 18.2 Å². The number of nitrogen functional groups attached to an aromatic ring is 1. The van der Waals surface area contributed by atoms with Crippen molar-refractivity contribution in [2.24, 2.45) is 0 Å². The molecular weight excluding hydrogens is 293 g/mol. The van der Waals surface area contributed by atoms with Crippen LogP contribution in [0.4, 0.5) is 10.1 Å². The monoisotopic (exact) mass is 313 g/mol. The van der Waals surface area contributed by atoms with E-state index in [-0.39, 0.29) is 35.2 Å². The van der Waals surface area contributed by atoms with Crippen molar-refractivity contribution in [1.82, 2.24) is 4.31 Å². The predicted molar refractivity (Wildman–Crippen MR) is 79.5 cm³/mol. The van der Waals surface area contributed by atoms with Crippen molar-refractivity contribution in [3.63, 3.8) is 0 Å². The third kappa shape index (κ3) is 3.34. The first-order chi connectivity index (χ1) is 9.64. The molecule has 116 valence electrons. The molecular formula is C14H20FN3O2S. The van der Waals surface area contributed by atoms with Gasteiger partial charge in [0.25, 0.3) is 0 Å². The van der Waals surface area contributed by atoms with Crippen molar-refractivity contribution in [2.75, 3.05) is 12.3 Å². The fraction of sp³-hybridized carbons (Fsp3) is 0.500. The number of nitriles is 1. The zero-order valence-electron chi connectivity index (χ0n) is 12.6. The molecule has 1 rings (SSSR count). The van der Waals surface area contributed by atoms with Crippen molar-refractivity contribution < 1.29 is 12.8 Å². The molecule has 0 aliphatic heterocycles. The number of halogens is 1. The third-order valence-electron chi connectivity index (χ3n) is 3.29. The molecule has 1 aromatic rings. The number of hydrogen-bond acceptors (Lipinski definition) is 4. The Morgan fingerprint density at radius 3 is 2.48 bits per heavy atom. The van der Waals surface area contributed by atoms with Gasteiger partial charge in [-0.2, -0.15) is 9.57 Å². The summed E-state index contributed by atoms with van der Waals surface area (Å²) in [5, 5.41) is 8.68. The Morgan fingerprint density at radius 1 is 1.43 bits per heavy atom. The minimum atomic E-state index is -3.84. The summed E-state index contributed by atoms with van der Waals surface area (Å²) in [7, 11) is -3.84. The Labute approximate surface area is 125 Å². The van der Waals surface area contributed by atoms with Gasteiger partial charge in [-0.25, -0.2) is 12.8 Å². The highest BCUT2D eigenvalue weighted by Crippen LogP contribution is 2.30. The van der Waals surface area contributed by atoms with E-state index >= 15 is 0 Å². The Morgan fingerprint density at radius 2 is 2.00 bits per heavy atom. The first-order valence-corrected chi connectivity index (χ1v) is 8.02. The van der Waals surface area contributed by atoms with Crippen LogP contribution in [-0.2, 0) is 10.0 Å². The first-order valence-electron chi connectivity index (χ1n) is 6.58. The molecule has 21 heavy (non-hydrogen) atoms. The van der Waals surface area contributed by atoms with Crippen LogP contribution in [0.2, 0.25) is 0 Å². The molecule has 1 aromatic carbocycles. The molecule has 0 saturated carbocycles. The van der Waals surface area contributed by atoms with Crippen molar-refractivity contribution >= 4 is 15.7 Å². The molecule has 5 nitrogen and oxygen atoms in total. The third-order valence-corrected chi connectivity index (χ3v) is 5.66. The standard InChI is InChI=1S/C14H20FN3O2S/c1-9(2)18(7-5-6-16)21(19,20)14-10(3)8-12(15)13(17)11(14)4/h8-9H,5,7,17H2,1-4H3. The highest BCUT2D eigenvalue weighted by Gasteiger charge is 2.31. The van der Waals surface area contributed by atoms with E-state index in [0.29, 0.717) is 5.56 Å². The lowest BCUT2D eigenvalue weighted by Gasteiger charge is -2.27. The number of hydrogen-bond donors (Lipinski definition) is 1. The van der Waals surface area contributed by atoms with Crippen LogP contribution in [0.5, 0.6) is 0 Å². The van der Waals surface area contributed by atoms with Gasteiger partial charge in [-0.3, -0.25) is 0 Å². The van der Waals surface area contributed by atoms with E-state index in [1.807, 2.05) is 6.07 Å². The van der Waals surface area contributed by atoms with Crippen LogP contribution in [0, 0.1) is 31.0 Å². The zero-order chi connectivity index (χ0) is 16.4. The molecule has 0 fully saturated rings. The minimum Gasteiger partial charge on any atom is -0.396 e. The fourth-order valence-electron chi connectivity index (χ4n) is 2.26. The number of rotatable bonds is 5. The van der Waals surface area contributed by atoms with Gasteiger partial charge in [-0.05, 0) is 44.9 Å². The summed E-state index contributed by atoms with van der Waals surface area (Å²) >= 11 is 0. The van der Waals surface area contributed by atoms with E-state index in [4.69, 9.17) is 11.0 Å². The van der Waals surface area contributed by atoms with Crippen LogP contribution in [-0.4, -0.2) is 25.3 Å². The van der Waals surface area contributed by atoms with Crippen LogP contribution >= 0.6 is 0 Å². The smallest absolute Gasteiger partial charge is 0.243 e. The molecule has 0 saturated heterocycles. The lowest BCUT2D eigenvalue weighted by atomic mass is 10.1. The zero-order valence-corrected chi connectivity index (χ0v) is 13.5. The highest BCUT2D eigenvalue weighted by molar-refractivity contribution is 7.89. The van der Waals surface area contributed by atoms with Gasteiger partial charge < -0.3 is 5.73 Å². The average Bonchev–Trinajstić information content (AvgIpc) is 2.35. The Hall–Kier alpha value is -1.65. The van der Waals surface area contributed by atoms with Crippen LogP contribution < -0.4 is 5.73 Å². The lowest BCUT2D eigenvalue weighted by Crippen LogP contribution is -2.38. The summed E-state index contributed by atoms with van der Waals surface area (Å²) in [5.41, 5.74) is 5.96. The highest BCUT2D eigenvalue weighted by atomic mass is 32.2. The second kappa shape index (κ2) is 6.41. The molecule has 0 spiro atoms. The fourth-order valence-corrected chi connectivity index (χ4v) is 4.34. The molecule has 0 radical (unpaired) electrons. The number of nitrogens with two attached hydrogens (primary N) is 1. The molecule has 0 amide bonds. The number of aryl methyl sites for hydroxylation is 1. The maximum absolute atomic E-state index is 13.6. The molecule has 0 bridgehead atoms. The Bertz CT molecular complexity index is 678. The summed E-state index contributed by atoms with van der Waals surface area (Å²) in [6.07, 6.45) is 0.0895. The molecule has 7 heteroatoms. The molecule has 0 aliphatic carbocycles. The maximum atomic E-state index is 13.6. The summed E-state index contributed by atoms with van der Waals surface area (Å²) < 4.78 is 40.5. The topological polar surface area (TPSA) is 87.2 Å². The van der Waals surface area contributed by atoms with Gasteiger partial charge in [0, 0.05) is 19.0 Å². The first kappa shape index (κ1) is 17.4. The second-order valence-corrected chi connectivity index (χ2v) is 6.99. The molecule has 0 aromatic heterocycles. The number of sulfonamides is 1. The molecule has 0 atom stereocenters. The van der Waals surface area contributed by atoms with Gasteiger partial charge in [0.15, 0.2) is 0 Å². The van der Waals surface area contributed by atoms with E-state index in [2.05, 4.69) is 0 Å². The number of benzene rings is 1. The van der Waals surface area contributed by atoms with Gasteiger partial charge >= 0.3 is 0 Å². The molecule has 0 heterocycles. The SMILES string of the molecule is Cc1cc(F)c(N)c(C)c1S(=O)(=O)N(CCC#N)C(C)C. The van der Waals surface area contributed by atoms with Crippen LogP contribution in [0.3, 0.4) is 0 Å². The van der Waals surface area contributed by atoms with Crippen molar-refractivity contribution in [2.45, 2.75) is 45.1 Å². The number of nitrogens with zero attached hydrogens (tertiary/aromatic N) is 2. The summed E-state index contributed by atoms with van der Waals surface area (Å²) in [5.74, 6) is -0.628. The summed E-state index contributed by atoms with van der Waals surface area (Å²) in [4.78, 5) is 0.0213. The van der Waals surface area contributed by atoms with Gasteiger partial charge in [0.05, 0.1) is 16.7 Å². The maximum Gasteiger partial charge on any atom is 0.243 e. The number of anilines is 1. The van der Waals surface area contributed by atoms with E-state index < -0.39 is 15.8 Å². The summed E-state index contributed by atoms with van der Waals surface area (Å²) in [6.45, 7) is 6.57. The van der Waals surface area contributed by atoms with Gasteiger partial charge in [0.1, 0.15) is 5.82 Å². The quantitative estimate of drug-likeness (QED) is 0.845. The van der Waals surface area contributed by atoms with Crippen molar-refractivity contribution in [1.29, 1.82) is 5.26 Å². The van der Waals surface area contributed by atoms with Crippen molar-refractivity contribution in [3.05, 3.63) is 23.0 Å². The normalized spacial score (nSPS) is 11.9. The predicted octanol–water partition coefficient (Wildman–Crippen LogP) is 2.34. The molecule has 0 unspecified atom stereocenters. The Balaban J connectivity index is 3.50. The minimum absolute atomic E-state index is 0.0213. The van der Waals surface area contributed by atoms with E-state index in [0.717, 1.165) is 6.07 Å². The lowest BCUT2D eigenvalue weighted by molar-refractivity contribution is 0.360.